The third-order valence-electron chi connectivity index (χ3n) is 4.17. The maximum absolute atomic E-state index is 5.82. The second-order valence-corrected chi connectivity index (χ2v) is 6.98. The van der Waals surface area contributed by atoms with Crippen LogP contribution in [0.25, 0.3) is 0 Å². The summed E-state index contributed by atoms with van der Waals surface area (Å²) < 4.78 is 8.65. The van der Waals surface area contributed by atoms with Gasteiger partial charge >= 0.3 is 17.1 Å². The van der Waals surface area contributed by atoms with E-state index in [1.54, 1.807) is 24.4 Å². The minimum absolute atomic E-state index is 0. The molecule has 4 nitrogen and oxygen atoms in total. The Hall–Kier alpha value is -0.941. The molecular weight excluding hydrogens is 470 g/mol. The molecule has 0 aliphatic heterocycles. The first-order valence-corrected chi connectivity index (χ1v) is 9.75. The standard InChI is InChI=1S/C18H17BrN3O.C5H5.Fe/c1-23-18(16-8-4-5-9-17(16)19)15(10-14-6-2-3-7-14)11-22-13-20-12-21-22;1-2-4-5-3-1;/h2-10,12-13,18H,11H2,1H3;1-5H;/q;;+2/b15-10+;;. The monoisotopic (exact) mass is 491 g/mol. The first-order valence-electron chi connectivity index (χ1n) is 8.96. The molecule has 2 saturated carbocycles. The van der Waals surface area contributed by atoms with Gasteiger partial charge < -0.3 is 4.74 Å². The first-order chi connectivity index (χ1) is 13.8. The van der Waals surface area contributed by atoms with E-state index in [0.29, 0.717) is 6.54 Å². The van der Waals surface area contributed by atoms with Crippen molar-refractivity contribution in [2.75, 3.05) is 7.11 Å². The maximum atomic E-state index is 5.82. The topological polar surface area (TPSA) is 39.9 Å². The predicted molar refractivity (Wildman–Crippen MR) is 114 cm³/mol. The Balaban J connectivity index is 0.000000437. The summed E-state index contributed by atoms with van der Waals surface area (Å²) in [4.78, 5) is 4.02. The number of aromatic nitrogens is 3. The van der Waals surface area contributed by atoms with Gasteiger partial charge in [-0.05, 0) is 75.0 Å². The van der Waals surface area contributed by atoms with Crippen molar-refractivity contribution in [2.45, 2.75) is 12.6 Å². The predicted octanol–water partition coefficient (Wildman–Crippen LogP) is 4.78. The summed E-state index contributed by atoms with van der Waals surface area (Å²) in [6, 6.07) is 8.11. The van der Waals surface area contributed by atoms with Crippen LogP contribution < -0.4 is 0 Å². The van der Waals surface area contributed by atoms with Gasteiger partial charge in [0.2, 0.25) is 0 Å². The minimum Gasteiger partial charge on any atom is -0.372 e. The molecule has 1 heterocycles. The van der Waals surface area contributed by atoms with E-state index in [2.05, 4.69) is 51.0 Å². The number of methoxy groups -OCH3 is 1. The molecule has 2 fully saturated rings. The number of hydrogen-bond donors (Lipinski definition) is 0. The fourth-order valence-electron chi connectivity index (χ4n) is 2.89. The number of hydrogen-bond acceptors (Lipinski definition) is 3. The van der Waals surface area contributed by atoms with Crippen molar-refractivity contribution in [1.82, 2.24) is 14.8 Å². The quantitative estimate of drug-likeness (QED) is 0.546. The van der Waals surface area contributed by atoms with Crippen molar-refractivity contribution in [2.24, 2.45) is 0 Å². The van der Waals surface area contributed by atoms with E-state index in [-0.39, 0.29) is 23.2 Å². The van der Waals surface area contributed by atoms with Gasteiger partial charge in [-0.3, -0.25) is 0 Å². The number of ether oxygens (including phenoxy) is 1. The van der Waals surface area contributed by atoms with Crippen molar-refractivity contribution >= 4 is 15.9 Å². The van der Waals surface area contributed by atoms with Crippen LogP contribution in [0.1, 0.15) is 11.7 Å². The molecule has 1 aromatic carbocycles. The molecule has 2 aliphatic carbocycles. The zero-order chi connectivity index (χ0) is 19.6. The van der Waals surface area contributed by atoms with Gasteiger partial charge in [-0.25, -0.2) is 9.67 Å². The van der Waals surface area contributed by atoms with Crippen molar-refractivity contribution in [1.29, 1.82) is 0 Å². The molecule has 1 atom stereocenters. The van der Waals surface area contributed by atoms with Crippen molar-refractivity contribution < 1.29 is 21.8 Å². The minimum atomic E-state index is -0.162. The van der Waals surface area contributed by atoms with Gasteiger partial charge in [0.15, 0.2) is 0 Å². The van der Waals surface area contributed by atoms with Gasteiger partial charge in [0.05, 0.1) is 6.54 Å². The Morgan fingerprint density at radius 3 is 2.28 bits per heavy atom. The molecule has 2 aromatic rings. The fraction of sp³-hybridized carbons (Fsp3) is 0.130. The number of nitrogens with zero attached hydrogens (tertiary/aromatic N) is 3. The molecule has 0 spiro atoms. The average Bonchev–Trinajstić information content (AvgIpc) is 3.49. The molecule has 10 radical (unpaired) electrons. The Labute approximate surface area is 194 Å². The van der Waals surface area contributed by atoms with E-state index in [0.717, 1.165) is 21.5 Å². The molecule has 0 amide bonds. The molecule has 1 aromatic heterocycles. The summed E-state index contributed by atoms with van der Waals surface area (Å²) in [5.74, 6) is 1.15. The van der Waals surface area contributed by atoms with Crippen LogP contribution in [0.5, 0.6) is 0 Å². The molecule has 29 heavy (non-hydrogen) atoms. The molecule has 0 saturated heterocycles. The van der Waals surface area contributed by atoms with Crippen molar-refractivity contribution in [3.8, 4) is 0 Å². The smallest absolute Gasteiger partial charge is 0.372 e. The molecule has 6 heteroatoms. The molecule has 1 unspecified atom stereocenters. The molecular formula is C23H22BrFeN3O+2. The Kier molecular flexibility index (Phi) is 11.2. The molecule has 148 valence electrons. The van der Waals surface area contributed by atoms with Crippen LogP contribution in [0.2, 0.25) is 0 Å². The molecule has 0 bridgehead atoms. The van der Waals surface area contributed by atoms with E-state index in [1.165, 1.54) is 0 Å². The normalized spacial score (nSPS) is 18.1. The third-order valence-corrected chi connectivity index (χ3v) is 4.89. The van der Waals surface area contributed by atoms with Crippen LogP contribution in [0.3, 0.4) is 0 Å². The zero-order valence-electron chi connectivity index (χ0n) is 16.0. The van der Waals surface area contributed by atoms with Gasteiger partial charge in [0.25, 0.3) is 0 Å². The van der Waals surface area contributed by atoms with Crippen LogP contribution in [0, 0.1) is 63.7 Å². The number of rotatable bonds is 6. The summed E-state index contributed by atoms with van der Waals surface area (Å²) in [6.07, 6.45) is 23.5. The van der Waals surface area contributed by atoms with E-state index < -0.39 is 0 Å². The van der Waals surface area contributed by atoms with Gasteiger partial charge in [0.1, 0.15) is 18.8 Å². The number of benzene rings is 1. The van der Waals surface area contributed by atoms with Crippen molar-refractivity contribution in [3.63, 3.8) is 0 Å². The van der Waals surface area contributed by atoms with Crippen LogP contribution in [-0.2, 0) is 28.4 Å². The summed E-state index contributed by atoms with van der Waals surface area (Å²) in [7, 11) is 1.73. The molecule has 0 N–H and O–H groups in total. The van der Waals surface area contributed by atoms with E-state index in [4.69, 9.17) is 4.74 Å². The fourth-order valence-corrected chi connectivity index (χ4v) is 3.38. The van der Waals surface area contributed by atoms with Crippen LogP contribution in [0.4, 0.5) is 0 Å². The molecule has 4 rings (SSSR count). The summed E-state index contributed by atoms with van der Waals surface area (Å²) >= 11 is 3.62. The second kappa shape index (κ2) is 13.4. The SMILES string of the molecule is COC(/C(=C/[C]1[CH][CH][CH][CH]1)Cn1cncn1)c1ccccc1Br.[CH]1[CH][CH][CH][CH]1.[Fe+2]. The zero-order valence-corrected chi connectivity index (χ0v) is 18.7. The van der Waals surface area contributed by atoms with Crippen LogP contribution in [0.15, 0.2) is 53.0 Å². The first kappa shape index (κ1) is 24.3. The maximum Gasteiger partial charge on any atom is 2.00 e. The van der Waals surface area contributed by atoms with E-state index >= 15 is 0 Å². The summed E-state index contributed by atoms with van der Waals surface area (Å²) in [5, 5.41) is 4.22. The second-order valence-electron chi connectivity index (χ2n) is 6.13. The summed E-state index contributed by atoms with van der Waals surface area (Å²) in [6.45, 7) is 0.616. The van der Waals surface area contributed by atoms with Gasteiger partial charge in [-0.15, -0.1) is 0 Å². The Bertz CT molecular complexity index is 718. The third kappa shape index (κ3) is 7.67. The van der Waals surface area contributed by atoms with Gasteiger partial charge in [-0.1, -0.05) is 40.2 Å². The van der Waals surface area contributed by atoms with E-state index in [9.17, 15) is 0 Å². The van der Waals surface area contributed by atoms with Crippen LogP contribution >= 0.6 is 15.9 Å². The largest absolute Gasteiger partial charge is 2.00 e. The Morgan fingerprint density at radius 1 is 1.07 bits per heavy atom. The van der Waals surface area contributed by atoms with Crippen LogP contribution in [-0.4, -0.2) is 21.9 Å². The number of allylic oxidation sites excluding steroid dienone is 1. The van der Waals surface area contributed by atoms with Gasteiger partial charge in [0, 0.05) is 17.5 Å². The van der Waals surface area contributed by atoms with Crippen molar-refractivity contribution in [3.05, 3.63) is 122 Å². The molecule has 2 aliphatic rings. The number of halogens is 1. The Morgan fingerprint density at radius 2 is 1.72 bits per heavy atom. The van der Waals surface area contributed by atoms with Gasteiger partial charge in [-0.2, -0.15) is 5.10 Å². The van der Waals surface area contributed by atoms with E-state index in [1.807, 2.05) is 63.1 Å². The average molecular weight is 492 g/mol. The summed E-state index contributed by atoms with van der Waals surface area (Å²) in [5.41, 5.74) is 2.20.